The van der Waals surface area contributed by atoms with E-state index in [-0.39, 0.29) is 30.5 Å². The number of unbranched alkanes of at least 4 members (excludes halogenated alkanes) is 1. The highest BCUT2D eigenvalue weighted by Gasteiger charge is 2.43. The van der Waals surface area contributed by atoms with Gasteiger partial charge in [-0.3, -0.25) is 9.59 Å². The lowest BCUT2D eigenvalue weighted by molar-refractivity contribution is -0.159. The molecule has 1 aromatic carbocycles. The highest BCUT2D eigenvalue weighted by Crippen LogP contribution is 2.37. The number of benzene rings is 1. The summed E-state index contributed by atoms with van der Waals surface area (Å²) in [6.07, 6.45) is 6.05. The summed E-state index contributed by atoms with van der Waals surface area (Å²) in [5.41, 5.74) is 0.788. The van der Waals surface area contributed by atoms with Gasteiger partial charge in [-0.05, 0) is 69.6 Å². The van der Waals surface area contributed by atoms with Crippen molar-refractivity contribution in [3.05, 3.63) is 23.8 Å². The summed E-state index contributed by atoms with van der Waals surface area (Å²) in [5.74, 6) is 2.01. The summed E-state index contributed by atoms with van der Waals surface area (Å²) in [6.45, 7) is 9.08. The molecule has 0 radical (unpaired) electrons. The second kappa shape index (κ2) is 10.4. The van der Waals surface area contributed by atoms with E-state index in [2.05, 4.69) is 13.8 Å². The number of methoxy groups -OCH3 is 1. The van der Waals surface area contributed by atoms with Crippen molar-refractivity contribution >= 4 is 11.8 Å². The van der Waals surface area contributed by atoms with Gasteiger partial charge in [0.05, 0.1) is 13.2 Å². The number of ether oxygens (including phenoxy) is 2. The molecule has 2 aliphatic rings. The molecule has 6 heteroatoms. The van der Waals surface area contributed by atoms with Gasteiger partial charge in [-0.2, -0.15) is 0 Å². The highest BCUT2D eigenvalue weighted by atomic mass is 16.5. The van der Waals surface area contributed by atoms with Crippen LogP contribution in [0, 0.1) is 5.92 Å². The molecule has 172 valence electrons. The molecule has 2 amide bonds. The van der Waals surface area contributed by atoms with Gasteiger partial charge in [-0.15, -0.1) is 0 Å². The molecule has 0 bridgehead atoms. The van der Waals surface area contributed by atoms with Crippen LogP contribution in [-0.4, -0.2) is 54.0 Å². The fraction of sp³-hybridized carbons (Fsp3) is 0.680. The number of piperazine rings is 1. The molecule has 1 unspecified atom stereocenters. The minimum Gasteiger partial charge on any atom is -0.493 e. The minimum absolute atomic E-state index is 0.0166. The van der Waals surface area contributed by atoms with Crippen molar-refractivity contribution in [3.8, 4) is 11.5 Å². The normalized spacial score (nSPS) is 24.6. The van der Waals surface area contributed by atoms with Crippen molar-refractivity contribution in [1.29, 1.82) is 0 Å². The third-order valence-corrected chi connectivity index (χ3v) is 6.50. The molecule has 0 aromatic heterocycles. The summed E-state index contributed by atoms with van der Waals surface area (Å²) in [6, 6.07) is 5.18. The van der Waals surface area contributed by atoms with Crippen LogP contribution >= 0.6 is 0 Å². The maximum absolute atomic E-state index is 13.7. The van der Waals surface area contributed by atoms with Gasteiger partial charge >= 0.3 is 0 Å². The van der Waals surface area contributed by atoms with Gasteiger partial charge in [0.1, 0.15) is 12.6 Å². The van der Waals surface area contributed by atoms with E-state index in [0.29, 0.717) is 24.0 Å². The van der Waals surface area contributed by atoms with E-state index in [1.807, 2.05) is 36.9 Å². The van der Waals surface area contributed by atoms with Crippen LogP contribution in [0.5, 0.6) is 11.5 Å². The average Bonchev–Trinajstić information content (AvgIpc) is 2.74. The second-order valence-corrected chi connectivity index (χ2v) is 9.30. The van der Waals surface area contributed by atoms with Gasteiger partial charge in [-0.1, -0.05) is 26.3 Å². The van der Waals surface area contributed by atoms with Crippen molar-refractivity contribution in [1.82, 2.24) is 9.80 Å². The average molecular weight is 431 g/mol. The topological polar surface area (TPSA) is 59.1 Å². The van der Waals surface area contributed by atoms with E-state index in [9.17, 15) is 9.59 Å². The molecule has 1 aliphatic heterocycles. The van der Waals surface area contributed by atoms with E-state index in [1.165, 1.54) is 0 Å². The lowest BCUT2D eigenvalue weighted by Gasteiger charge is -2.45. The Morgan fingerprint density at radius 1 is 1.10 bits per heavy atom. The number of hydrogen-bond acceptors (Lipinski definition) is 4. The number of hydrogen-bond donors (Lipinski definition) is 0. The van der Waals surface area contributed by atoms with Gasteiger partial charge in [0.15, 0.2) is 11.5 Å². The van der Waals surface area contributed by atoms with Gasteiger partial charge in [0.2, 0.25) is 5.91 Å². The maximum Gasteiger partial charge on any atom is 0.250 e. The van der Waals surface area contributed by atoms with Crippen molar-refractivity contribution < 1.29 is 19.1 Å². The molecular weight excluding hydrogens is 392 g/mol. The van der Waals surface area contributed by atoms with Crippen LogP contribution in [0.4, 0.5) is 0 Å². The third-order valence-electron chi connectivity index (χ3n) is 6.50. The van der Waals surface area contributed by atoms with E-state index in [0.717, 1.165) is 44.1 Å². The smallest absolute Gasteiger partial charge is 0.250 e. The molecule has 1 aromatic rings. The summed E-state index contributed by atoms with van der Waals surface area (Å²) in [5, 5.41) is 0. The summed E-state index contributed by atoms with van der Waals surface area (Å²) < 4.78 is 11.4. The Hall–Kier alpha value is -2.24. The molecule has 3 rings (SSSR count). The zero-order chi connectivity index (χ0) is 22.5. The Kier molecular flexibility index (Phi) is 7.84. The third kappa shape index (κ3) is 5.34. The molecule has 0 spiro atoms. The first-order valence-corrected chi connectivity index (χ1v) is 11.8. The molecule has 1 atom stereocenters. The van der Waals surface area contributed by atoms with Crippen LogP contribution in [0.3, 0.4) is 0 Å². The zero-order valence-electron chi connectivity index (χ0n) is 19.7. The second-order valence-electron chi connectivity index (χ2n) is 9.30. The molecule has 1 saturated heterocycles. The van der Waals surface area contributed by atoms with Gasteiger partial charge < -0.3 is 19.3 Å². The van der Waals surface area contributed by atoms with E-state index in [1.54, 1.807) is 12.0 Å². The van der Waals surface area contributed by atoms with Gasteiger partial charge in [0, 0.05) is 12.6 Å². The summed E-state index contributed by atoms with van der Waals surface area (Å²) >= 11 is 0. The number of amides is 2. The van der Waals surface area contributed by atoms with Crippen molar-refractivity contribution in [2.24, 2.45) is 5.92 Å². The Labute approximate surface area is 186 Å². The maximum atomic E-state index is 13.7. The standard InChI is InChI=1S/C25H38N2O4/c1-6-7-14-26-23(28)16-27(20-11-8-18(4)9-12-20)25(29)24(26)19-10-13-21(31-17(2)3)22(15-19)30-5/h10,13,15,17-18,20,24H,6-9,11-12,14,16H2,1-5H3. The van der Waals surface area contributed by atoms with Crippen molar-refractivity contribution in [3.63, 3.8) is 0 Å². The molecule has 6 nitrogen and oxygen atoms in total. The zero-order valence-corrected chi connectivity index (χ0v) is 19.7. The molecule has 1 saturated carbocycles. The van der Waals surface area contributed by atoms with Crippen LogP contribution in [0.25, 0.3) is 0 Å². The first-order valence-electron chi connectivity index (χ1n) is 11.8. The molecule has 0 N–H and O–H groups in total. The van der Waals surface area contributed by atoms with E-state index in [4.69, 9.17) is 9.47 Å². The number of carbonyl (C=O) groups is 2. The Morgan fingerprint density at radius 2 is 1.81 bits per heavy atom. The molecule has 1 aliphatic carbocycles. The van der Waals surface area contributed by atoms with Gasteiger partial charge in [-0.25, -0.2) is 0 Å². The summed E-state index contributed by atoms with van der Waals surface area (Å²) in [4.78, 5) is 30.6. The van der Waals surface area contributed by atoms with Crippen LogP contribution in [0.2, 0.25) is 0 Å². The fourth-order valence-corrected chi connectivity index (χ4v) is 4.72. The lowest BCUT2D eigenvalue weighted by Crippen LogP contribution is -2.58. The van der Waals surface area contributed by atoms with Crippen LogP contribution in [-0.2, 0) is 9.59 Å². The van der Waals surface area contributed by atoms with Crippen LogP contribution in [0.15, 0.2) is 18.2 Å². The largest absolute Gasteiger partial charge is 0.493 e. The Morgan fingerprint density at radius 3 is 2.42 bits per heavy atom. The molecule has 1 heterocycles. The molecule has 31 heavy (non-hydrogen) atoms. The predicted molar refractivity (Wildman–Crippen MR) is 121 cm³/mol. The SMILES string of the molecule is CCCCN1C(=O)CN(C2CCC(C)CC2)C(=O)C1c1ccc(OC(C)C)c(OC)c1. The number of rotatable bonds is 8. The Balaban J connectivity index is 1.93. The van der Waals surface area contributed by atoms with Crippen LogP contribution in [0.1, 0.15) is 77.8 Å². The number of nitrogens with zero attached hydrogens (tertiary/aromatic N) is 2. The van der Waals surface area contributed by atoms with E-state index >= 15 is 0 Å². The van der Waals surface area contributed by atoms with Crippen LogP contribution < -0.4 is 9.47 Å². The van der Waals surface area contributed by atoms with Crippen molar-refractivity contribution in [2.45, 2.75) is 84.4 Å². The fourth-order valence-electron chi connectivity index (χ4n) is 4.72. The van der Waals surface area contributed by atoms with E-state index < -0.39 is 6.04 Å². The molecule has 2 fully saturated rings. The monoisotopic (exact) mass is 430 g/mol. The predicted octanol–water partition coefficient (Wildman–Crippen LogP) is 4.57. The van der Waals surface area contributed by atoms with Gasteiger partial charge in [0.25, 0.3) is 5.91 Å². The van der Waals surface area contributed by atoms with Crippen molar-refractivity contribution in [2.75, 3.05) is 20.2 Å². The summed E-state index contributed by atoms with van der Waals surface area (Å²) in [7, 11) is 1.60. The first-order chi connectivity index (χ1) is 14.8. The highest BCUT2D eigenvalue weighted by molar-refractivity contribution is 5.96. The number of carbonyl (C=O) groups excluding carboxylic acids is 2. The minimum atomic E-state index is -0.603. The lowest BCUT2D eigenvalue weighted by atomic mass is 9.85. The quantitative estimate of drug-likeness (QED) is 0.606. The first kappa shape index (κ1) is 23.4. The Bertz CT molecular complexity index is 771. The molecular formula is C25H38N2O4.